The van der Waals surface area contributed by atoms with E-state index < -0.39 is 0 Å². The lowest BCUT2D eigenvalue weighted by Crippen LogP contribution is -2.08. The molecule has 1 unspecified atom stereocenters. The van der Waals surface area contributed by atoms with Crippen LogP contribution >= 0.6 is 0 Å². The van der Waals surface area contributed by atoms with Crippen LogP contribution in [0.3, 0.4) is 0 Å². The van der Waals surface area contributed by atoms with Crippen molar-refractivity contribution in [2.75, 3.05) is 0 Å². The van der Waals surface area contributed by atoms with Gasteiger partial charge in [0.2, 0.25) is 0 Å². The summed E-state index contributed by atoms with van der Waals surface area (Å²) < 4.78 is 0. The summed E-state index contributed by atoms with van der Waals surface area (Å²) in [6.07, 6.45) is 0.752. The lowest BCUT2D eigenvalue weighted by molar-refractivity contribution is 0.0975. The van der Waals surface area contributed by atoms with E-state index in [0.29, 0.717) is 0 Å². The van der Waals surface area contributed by atoms with Crippen LogP contribution < -0.4 is 0 Å². The standard InChI is InChI=1S/C31H20O/c32-31-29(27-17-19-9-1-2-10-20(19)21-11-3-5-14-24(21)27)18-28-25-15-6-4-12-22(25)23-13-7-8-16-26(23)30(28)31/h1-17,29H,18H2. The van der Waals surface area contributed by atoms with E-state index in [0.717, 1.165) is 22.9 Å². The molecule has 150 valence electrons. The fourth-order valence-electron chi connectivity index (χ4n) is 5.80. The first kappa shape index (κ1) is 17.7. The minimum Gasteiger partial charge on any atom is -0.293 e. The molecule has 7 rings (SSSR count). The first-order valence-electron chi connectivity index (χ1n) is 11.2. The molecule has 0 N–H and O–H groups in total. The number of Topliss-reactive ketones (excluding diaryl/α,β-unsaturated/α-hetero) is 1. The predicted molar refractivity (Wildman–Crippen MR) is 134 cm³/mol. The Balaban J connectivity index is 1.54. The zero-order chi connectivity index (χ0) is 21.2. The smallest absolute Gasteiger partial charge is 0.171 e. The Labute approximate surface area is 185 Å². The third-order valence-electron chi connectivity index (χ3n) is 7.19. The highest BCUT2D eigenvalue weighted by molar-refractivity contribution is 6.24. The van der Waals surface area contributed by atoms with Gasteiger partial charge in [-0.3, -0.25) is 4.79 Å². The molecule has 0 saturated heterocycles. The number of rotatable bonds is 1. The van der Waals surface area contributed by atoms with Gasteiger partial charge >= 0.3 is 0 Å². The average molecular weight is 409 g/mol. The number of fused-ring (bicyclic) bond motifs is 9. The molecule has 0 aliphatic heterocycles. The Morgan fingerprint density at radius 3 is 1.75 bits per heavy atom. The highest BCUT2D eigenvalue weighted by atomic mass is 16.1. The van der Waals surface area contributed by atoms with E-state index in [1.807, 2.05) is 6.07 Å². The van der Waals surface area contributed by atoms with Gasteiger partial charge in [0.1, 0.15) is 0 Å². The van der Waals surface area contributed by atoms with Gasteiger partial charge in [0, 0.05) is 5.56 Å². The van der Waals surface area contributed by atoms with Crippen LogP contribution in [0.25, 0.3) is 43.1 Å². The number of benzene rings is 6. The van der Waals surface area contributed by atoms with E-state index in [2.05, 4.69) is 97.1 Å². The largest absolute Gasteiger partial charge is 0.293 e. The summed E-state index contributed by atoms with van der Waals surface area (Å²) in [5.41, 5.74) is 3.27. The fourth-order valence-corrected chi connectivity index (χ4v) is 5.80. The molecule has 0 saturated carbocycles. The van der Waals surface area contributed by atoms with Crippen molar-refractivity contribution in [2.24, 2.45) is 0 Å². The van der Waals surface area contributed by atoms with Crippen molar-refractivity contribution in [2.45, 2.75) is 12.3 Å². The number of carbonyl (C=O) groups is 1. The van der Waals surface area contributed by atoms with E-state index in [1.54, 1.807) is 0 Å². The van der Waals surface area contributed by atoms with Crippen LogP contribution in [0.15, 0.2) is 103 Å². The highest BCUT2D eigenvalue weighted by Gasteiger charge is 2.35. The van der Waals surface area contributed by atoms with E-state index in [-0.39, 0.29) is 11.7 Å². The zero-order valence-electron chi connectivity index (χ0n) is 17.5. The van der Waals surface area contributed by atoms with Crippen molar-refractivity contribution in [1.29, 1.82) is 0 Å². The summed E-state index contributed by atoms with van der Waals surface area (Å²) in [6.45, 7) is 0. The van der Waals surface area contributed by atoms with Gasteiger partial charge in [0.05, 0.1) is 5.92 Å². The molecule has 1 heteroatoms. The number of hydrogen-bond acceptors (Lipinski definition) is 1. The second-order valence-electron chi connectivity index (χ2n) is 8.80. The first-order chi connectivity index (χ1) is 15.8. The van der Waals surface area contributed by atoms with Crippen molar-refractivity contribution < 1.29 is 4.79 Å². The molecule has 1 aliphatic carbocycles. The van der Waals surface area contributed by atoms with Gasteiger partial charge < -0.3 is 0 Å². The van der Waals surface area contributed by atoms with Crippen molar-refractivity contribution in [3.8, 4) is 0 Å². The zero-order valence-corrected chi connectivity index (χ0v) is 17.5. The SMILES string of the molecule is O=C1c2c(c3ccccc3c3ccccc23)CC1c1cc2ccccc2c2ccccc12. The quantitative estimate of drug-likeness (QED) is 0.253. The maximum atomic E-state index is 14.0. The molecule has 0 radical (unpaired) electrons. The van der Waals surface area contributed by atoms with Gasteiger partial charge in [-0.2, -0.15) is 0 Å². The van der Waals surface area contributed by atoms with Gasteiger partial charge in [0.15, 0.2) is 5.78 Å². The molecular formula is C31H20O. The summed E-state index contributed by atoms with van der Waals surface area (Å²) in [6, 6.07) is 36.2. The molecule has 0 heterocycles. The molecule has 1 aliphatic rings. The summed E-state index contributed by atoms with van der Waals surface area (Å²) in [4.78, 5) is 14.0. The Hall–Kier alpha value is -3.97. The minimum atomic E-state index is -0.159. The van der Waals surface area contributed by atoms with E-state index >= 15 is 0 Å². The molecular weight excluding hydrogens is 388 g/mol. The molecule has 1 atom stereocenters. The van der Waals surface area contributed by atoms with Crippen molar-refractivity contribution in [3.63, 3.8) is 0 Å². The first-order valence-corrected chi connectivity index (χ1v) is 11.2. The van der Waals surface area contributed by atoms with E-state index in [4.69, 9.17) is 0 Å². The van der Waals surface area contributed by atoms with Crippen molar-refractivity contribution >= 4 is 48.9 Å². The van der Waals surface area contributed by atoms with Crippen LogP contribution in [0.1, 0.15) is 27.4 Å². The summed E-state index contributed by atoms with van der Waals surface area (Å²) in [5.74, 6) is 0.0936. The van der Waals surface area contributed by atoms with Crippen LogP contribution in [-0.2, 0) is 6.42 Å². The van der Waals surface area contributed by atoms with Gasteiger partial charge in [-0.25, -0.2) is 0 Å². The van der Waals surface area contributed by atoms with Crippen LogP contribution in [0.5, 0.6) is 0 Å². The topological polar surface area (TPSA) is 17.1 Å². The number of carbonyl (C=O) groups excluding carboxylic acids is 1. The normalized spacial score (nSPS) is 15.8. The van der Waals surface area contributed by atoms with Crippen LogP contribution in [-0.4, -0.2) is 5.78 Å². The Bertz CT molecular complexity index is 1720. The lowest BCUT2D eigenvalue weighted by atomic mass is 9.87. The molecule has 6 aromatic carbocycles. The van der Waals surface area contributed by atoms with Crippen molar-refractivity contribution in [3.05, 3.63) is 120 Å². The fraction of sp³-hybridized carbons (Fsp3) is 0.0645. The summed E-state index contributed by atoms with van der Waals surface area (Å²) in [7, 11) is 0. The monoisotopic (exact) mass is 408 g/mol. The molecule has 0 aromatic heterocycles. The molecule has 0 bridgehead atoms. The van der Waals surface area contributed by atoms with Gasteiger partial charge in [0.25, 0.3) is 0 Å². The average Bonchev–Trinajstić information content (AvgIpc) is 3.21. The molecule has 0 amide bonds. The highest BCUT2D eigenvalue weighted by Crippen LogP contribution is 2.45. The third kappa shape index (κ3) is 2.31. The summed E-state index contributed by atoms with van der Waals surface area (Å²) in [5, 5.41) is 9.54. The maximum Gasteiger partial charge on any atom is 0.171 e. The minimum absolute atomic E-state index is 0.159. The molecule has 32 heavy (non-hydrogen) atoms. The second kappa shape index (κ2) is 6.51. The van der Waals surface area contributed by atoms with Crippen LogP contribution in [0.2, 0.25) is 0 Å². The molecule has 0 spiro atoms. The Morgan fingerprint density at radius 2 is 1.03 bits per heavy atom. The second-order valence-corrected chi connectivity index (χ2v) is 8.80. The lowest BCUT2D eigenvalue weighted by Gasteiger charge is -2.15. The van der Waals surface area contributed by atoms with Crippen molar-refractivity contribution in [1.82, 2.24) is 0 Å². The number of hydrogen-bond donors (Lipinski definition) is 0. The van der Waals surface area contributed by atoms with Crippen LogP contribution in [0.4, 0.5) is 0 Å². The predicted octanol–water partition coefficient (Wildman–Crippen LogP) is 7.82. The van der Waals surface area contributed by atoms with Gasteiger partial charge in [-0.05, 0) is 66.7 Å². The molecule has 1 nitrogen and oxygen atoms in total. The summed E-state index contributed by atoms with van der Waals surface area (Å²) >= 11 is 0. The Morgan fingerprint density at radius 1 is 0.531 bits per heavy atom. The van der Waals surface area contributed by atoms with Gasteiger partial charge in [-0.1, -0.05) is 97.1 Å². The van der Waals surface area contributed by atoms with E-state index in [9.17, 15) is 4.79 Å². The Kier molecular flexibility index (Phi) is 3.60. The molecule has 6 aromatic rings. The van der Waals surface area contributed by atoms with E-state index in [1.165, 1.54) is 43.3 Å². The maximum absolute atomic E-state index is 14.0. The van der Waals surface area contributed by atoms with Crippen LogP contribution in [0, 0.1) is 0 Å². The third-order valence-corrected chi connectivity index (χ3v) is 7.19. The molecule has 0 fully saturated rings. The van der Waals surface area contributed by atoms with Gasteiger partial charge in [-0.15, -0.1) is 0 Å². The number of ketones is 1.